The van der Waals surface area contributed by atoms with Crippen molar-refractivity contribution < 1.29 is 0 Å². The Morgan fingerprint density at radius 3 is 2.46 bits per heavy atom. The van der Waals surface area contributed by atoms with Crippen LogP contribution in [0.1, 0.15) is 0 Å². The normalized spacial score (nSPS) is 10.2. The third-order valence-electron chi connectivity index (χ3n) is 1.86. The fourth-order valence-electron chi connectivity index (χ4n) is 1.15. The fourth-order valence-corrected chi connectivity index (χ4v) is 1.15. The topological polar surface area (TPSA) is 39.8 Å². The third-order valence-corrected chi connectivity index (χ3v) is 1.86. The van der Waals surface area contributed by atoms with E-state index in [-0.39, 0.29) is 5.69 Å². The quantitative estimate of drug-likeness (QED) is 0.635. The largest absolute Gasteiger partial charge is 0.350 e. The van der Waals surface area contributed by atoms with Gasteiger partial charge in [-0.2, -0.15) is 5.10 Å². The van der Waals surface area contributed by atoms with Crippen molar-refractivity contribution in [2.24, 2.45) is 7.05 Å². The van der Waals surface area contributed by atoms with Gasteiger partial charge in [-0.1, -0.05) is 18.2 Å². The lowest BCUT2D eigenvalue weighted by atomic mass is 10.3. The zero-order valence-corrected chi connectivity index (χ0v) is 7.21. The number of benzene rings is 1. The second-order valence-corrected chi connectivity index (χ2v) is 2.74. The van der Waals surface area contributed by atoms with Gasteiger partial charge >= 0.3 is 5.69 Å². The Hall–Kier alpha value is -1.84. The van der Waals surface area contributed by atoms with Crippen LogP contribution in [0.25, 0.3) is 5.69 Å². The number of rotatable bonds is 1. The molecule has 13 heavy (non-hydrogen) atoms. The molecule has 0 aliphatic carbocycles. The fraction of sp³-hybridized carbons (Fsp3) is 0.111. The smallest absolute Gasteiger partial charge is 0.250 e. The van der Waals surface area contributed by atoms with Gasteiger partial charge in [0.05, 0.1) is 5.69 Å². The lowest BCUT2D eigenvalue weighted by Crippen LogP contribution is -2.20. The average Bonchev–Trinajstić information content (AvgIpc) is 2.49. The first-order valence-corrected chi connectivity index (χ1v) is 3.95. The van der Waals surface area contributed by atoms with Gasteiger partial charge in [0.15, 0.2) is 0 Å². The van der Waals surface area contributed by atoms with E-state index >= 15 is 0 Å². The van der Waals surface area contributed by atoms with Gasteiger partial charge in [0.2, 0.25) is 0 Å². The van der Waals surface area contributed by atoms with E-state index in [2.05, 4.69) is 5.10 Å². The molecule has 4 nitrogen and oxygen atoms in total. The number of hydrogen-bond acceptors (Lipinski definition) is 2. The maximum Gasteiger partial charge on any atom is 0.350 e. The van der Waals surface area contributed by atoms with Gasteiger partial charge in [-0.25, -0.2) is 14.0 Å². The monoisotopic (exact) mass is 175 g/mol. The highest BCUT2D eigenvalue weighted by Gasteiger charge is 2.01. The van der Waals surface area contributed by atoms with E-state index in [0.717, 1.165) is 5.69 Å². The second-order valence-electron chi connectivity index (χ2n) is 2.74. The first kappa shape index (κ1) is 7.79. The zero-order chi connectivity index (χ0) is 9.26. The zero-order valence-electron chi connectivity index (χ0n) is 7.21. The van der Waals surface area contributed by atoms with Crippen LogP contribution in [0.2, 0.25) is 0 Å². The SMILES string of the molecule is Cn1ncn(-c2ccccc2)c1=O. The van der Waals surface area contributed by atoms with Crippen molar-refractivity contribution in [1.29, 1.82) is 0 Å². The van der Waals surface area contributed by atoms with Crippen LogP contribution in [0.5, 0.6) is 0 Å². The number of aromatic nitrogens is 3. The summed E-state index contributed by atoms with van der Waals surface area (Å²) in [6.45, 7) is 0. The van der Waals surface area contributed by atoms with Crippen LogP contribution in [-0.2, 0) is 7.05 Å². The predicted molar refractivity (Wildman–Crippen MR) is 48.8 cm³/mol. The van der Waals surface area contributed by atoms with E-state index in [0.29, 0.717) is 0 Å². The Morgan fingerprint density at radius 1 is 1.23 bits per heavy atom. The molecule has 2 aromatic rings. The molecule has 0 N–H and O–H groups in total. The summed E-state index contributed by atoms with van der Waals surface area (Å²) in [5.74, 6) is 0. The molecule has 0 amide bonds. The summed E-state index contributed by atoms with van der Waals surface area (Å²) in [7, 11) is 1.63. The molecule has 66 valence electrons. The Bertz CT molecular complexity index is 455. The van der Waals surface area contributed by atoms with E-state index in [9.17, 15) is 4.79 Å². The summed E-state index contributed by atoms with van der Waals surface area (Å²) in [6, 6.07) is 9.40. The summed E-state index contributed by atoms with van der Waals surface area (Å²) >= 11 is 0. The van der Waals surface area contributed by atoms with E-state index in [1.165, 1.54) is 15.6 Å². The highest BCUT2D eigenvalue weighted by Crippen LogP contribution is 2.01. The van der Waals surface area contributed by atoms with Gasteiger partial charge < -0.3 is 0 Å². The van der Waals surface area contributed by atoms with E-state index in [1.807, 2.05) is 30.3 Å². The van der Waals surface area contributed by atoms with E-state index in [4.69, 9.17) is 0 Å². The highest BCUT2D eigenvalue weighted by atomic mass is 16.2. The van der Waals surface area contributed by atoms with Gasteiger partial charge in [0, 0.05) is 7.05 Å². The molecule has 0 aliphatic rings. The van der Waals surface area contributed by atoms with Gasteiger partial charge in [0.1, 0.15) is 6.33 Å². The minimum Gasteiger partial charge on any atom is -0.250 e. The Balaban J connectivity index is 2.60. The maximum atomic E-state index is 11.4. The van der Waals surface area contributed by atoms with E-state index in [1.54, 1.807) is 7.05 Å². The molecule has 2 rings (SSSR count). The van der Waals surface area contributed by atoms with Crippen molar-refractivity contribution in [3.05, 3.63) is 47.1 Å². The van der Waals surface area contributed by atoms with Crippen LogP contribution in [0.4, 0.5) is 0 Å². The first-order valence-electron chi connectivity index (χ1n) is 3.95. The molecular formula is C9H9N3O. The number of para-hydroxylation sites is 1. The molecular weight excluding hydrogens is 166 g/mol. The summed E-state index contributed by atoms with van der Waals surface area (Å²) in [5.41, 5.74) is 0.701. The molecule has 0 spiro atoms. The standard InChI is InChI=1S/C9H9N3O/c1-11-9(13)12(7-10-11)8-5-3-2-4-6-8/h2-7H,1H3. The predicted octanol–water partition coefficient (Wildman–Crippen LogP) is 0.571. The lowest BCUT2D eigenvalue weighted by molar-refractivity contribution is 0.726. The van der Waals surface area contributed by atoms with Crippen molar-refractivity contribution in [2.75, 3.05) is 0 Å². The van der Waals surface area contributed by atoms with Crippen LogP contribution in [0, 0.1) is 0 Å². The molecule has 0 saturated heterocycles. The minimum absolute atomic E-state index is 0.133. The Kier molecular flexibility index (Phi) is 1.73. The molecule has 0 atom stereocenters. The van der Waals surface area contributed by atoms with Gasteiger partial charge in [0.25, 0.3) is 0 Å². The number of aryl methyl sites for hydroxylation is 1. The van der Waals surface area contributed by atoms with Crippen LogP contribution in [0.15, 0.2) is 41.5 Å². The lowest BCUT2D eigenvalue weighted by Gasteiger charge is -1.97. The number of nitrogens with zero attached hydrogens (tertiary/aromatic N) is 3. The van der Waals surface area contributed by atoms with Crippen molar-refractivity contribution >= 4 is 0 Å². The Labute approximate surface area is 75.1 Å². The molecule has 0 fully saturated rings. The molecule has 0 aliphatic heterocycles. The van der Waals surface area contributed by atoms with Crippen molar-refractivity contribution in [3.63, 3.8) is 0 Å². The van der Waals surface area contributed by atoms with Crippen molar-refractivity contribution in [1.82, 2.24) is 14.3 Å². The molecule has 1 aromatic heterocycles. The molecule has 0 saturated carbocycles. The van der Waals surface area contributed by atoms with Gasteiger partial charge in [-0.15, -0.1) is 0 Å². The van der Waals surface area contributed by atoms with Crippen molar-refractivity contribution in [3.8, 4) is 5.69 Å². The molecule has 0 unspecified atom stereocenters. The van der Waals surface area contributed by atoms with Crippen LogP contribution in [-0.4, -0.2) is 14.3 Å². The summed E-state index contributed by atoms with van der Waals surface area (Å²) in [4.78, 5) is 11.4. The number of hydrogen-bond donors (Lipinski definition) is 0. The van der Waals surface area contributed by atoms with Gasteiger partial charge in [-0.3, -0.25) is 0 Å². The summed E-state index contributed by atoms with van der Waals surface area (Å²) in [6.07, 6.45) is 1.51. The molecule has 0 radical (unpaired) electrons. The molecule has 4 heteroatoms. The highest BCUT2D eigenvalue weighted by molar-refractivity contribution is 5.30. The van der Waals surface area contributed by atoms with Gasteiger partial charge in [-0.05, 0) is 12.1 Å². The third kappa shape index (κ3) is 1.26. The first-order chi connectivity index (χ1) is 6.29. The van der Waals surface area contributed by atoms with Crippen LogP contribution in [0.3, 0.4) is 0 Å². The molecule has 1 aromatic carbocycles. The van der Waals surface area contributed by atoms with Crippen LogP contribution < -0.4 is 5.69 Å². The van der Waals surface area contributed by atoms with Crippen molar-refractivity contribution in [2.45, 2.75) is 0 Å². The summed E-state index contributed by atoms with van der Waals surface area (Å²) < 4.78 is 2.80. The van der Waals surface area contributed by atoms with E-state index < -0.39 is 0 Å². The average molecular weight is 175 g/mol. The Morgan fingerprint density at radius 2 is 1.92 bits per heavy atom. The summed E-state index contributed by atoms with van der Waals surface area (Å²) in [5, 5.41) is 3.86. The molecule has 1 heterocycles. The maximum absolute atomic E-state index is 11.4. The second kappa shape index (κ2) is 2.90. The van der Waals surface area contributed by atoms with Crippen LogP contribution >= 0.6 is 0 Å². The molecule has 0 bridgehead atoms. The minimum atomic E-state index is -0.133.